The van der Waals surface area contributed by atoms with Gasteiger partial charge in [-0.1, -0.05) is 158 Å². The molecule has 0 saturated heterocycles. The van der Waals surface area contributed by atoms with Crippen LogP contribution in [-0.4, -0.2) is 0 Å². The Morgan fingerprint density at radius 1 is 0.388 bits per heavy atom. The van der Waals surface area contributed by atoms with Crippen molar-refractivity contribution in [1.29, 1.82) is 0 Å². The molecule has 1 aliphatic rings. The van der Waals surface area contributed by atoms with Crippen LogP contribution in [0.4, 0.5) is 17.1 Å². The van der Waals surface area contributed by atoms with E-state index in [9.17, 15) is 0 Å². The first-order valence-corrected chi connectivity index (χ1v) is 16.9. The summed E-state index contributed by atoms with van der Waals surface area (Å²) in [7, 11) is 0. The van der Waals surface area contributed by atoms with Gasteiger partial charge in [-0.05, 0) is 68.9 Å². The lowest BCUT2D eigenvalue weighted by atomic mass is 9.67. The van der Waals surface area contributed by atoms with Crippen molar-refractivity contribution in [3.63, 3.8) is 0 Å². The second-order valence-electron chi connectivity index (χ2n) is 12.8. The Morgan fingerprint density at radius 2 is 0.959 bits per heavy atom. The molecule has 1 aromatic heterocycles. The largest absolute Gasteiger partial charge is 0.454 e. The molecule has 1 heterocycles. The van der Waals surface area contributed by atoms with E-state index in [0.29, 0.717) is 0 Å². The predicted octanol–water partition coefficient (Wildman–Crippen LogP) is 12.6. The molecule has 2 nitrogen and oxygen atoms in total. The fraction of sp³-hybridized carbons (Fsp3) is 0.0213. The Hall–Kier alpha value is -6.38. The van der Waals surface area contributed by atoms with Crippen LogP contribution in [0.3, 0.4) is 0 Å². The van der Waals surface area contributed by atoms with Gasteiger partial charge in [-0.15, -0.1) is 0 Å². The summed E-state index contributed by atoms with van der Waals surface area (Å²) < 4.78 is 6.70. The zero-order chi connectivity index (χ0) is 32.4. The zero-order valence-electron chi connectivity index (χ0n) is 26.8. The van der Waals surface area contributed by atoms with Crippen LogP contribution in [0.15, 0.2) is 192 Å². The van der Waals surface area contributed by atoms with Crippen molar-refractivity contribution < 1.29 is 4.42 Å². The van der Waals surface area contributed by atoms with Crippen LogP contribution in [0, 0.1) is 0 Å². The van der Waals surface area contributed by atoms with E-state index in [-0.39, 0.29) is 0 Å². The smallest absolute Gasteiger partial charge is 0.159 e. The highest BCUT2D eigenvalue weighted by Gasteiger charge is 2.48. The number of benzene rings is 8. The van der Waals surface area contributed by atoms with Gasteiger partial charge in [-0.3, -0.25) is 0 Å². The van der Waals surface area contributed by atoms with Gasteiger partial charge in [0.25, 0.3) is 0 Å². The Balaban J connectivity index is 1.38. The third kappa shape index (κ3) is 3.95. The summed E-state index contributed by atoms with van der Waals surface area (Å²) in [5.74, 6) is 0. The lowest BCUT2D eigenvalue weighted by molar-refractivity contribution is 0.669. The van der Waals surface area contributed by atoms with Gasteiger partial charge < -0.3 is 9.32 Å². The molecule has 0 radical (unpaired) electrons. The van der Waals surface area contributed by atoms with Crippen LogP contribution in [0.5, 0.6) is 0 Å². The molecule has 0 aliphatic heterocycles. The van der Waals surface area contributed by atoms with Crippen molar-refractivity contribution in [1.82, 2.24) is 0 Å². The molecule has 1 aliphatic carbocycles. The number of nitrogens with zero attached hydrogens (tertiary/aromatic N) is 1. The molecule has 0 amide bonds. The number of hydrogen-bond donors (Lipinski definition) is 0. The molecule has 2 heteroatoms. The summed E-state index contributed by atoms with van der Waals surface area (Å²) in [5.41, 5.74) is 12.0. The minimum atomic E-state index is -0.527. The molecule has 0 bridgehead atoms. The lowest BCUT2D eigenvalue weighted by Crippen LogP contribution is -2.28. The summed E-state index contributed by atoms with van der Waals surface area (Å²) in [6.45, 7) is 0. The van der Waals surface area contributed by atoms with Gasteiger partial charge in [0.15, 0.2) is 5.58 Å². The van der Waals surface area contributed by atoms with E-state index in [1.165, 1.54) is 44.2 Å². The zero-order valence-corrected chi connectivity index (χ0v) is 26.8. The van der Waals surface area contributed by atoms with Gasteiger partial charge in [-0.25, -0.2) is 0 Å². The van der Waals surface area contributed by atoms with Crippen LogP contribution in [0.25, 0.3) is 43.8 Å². The van der Waals surface area contributed by atoms with Gasteiger partial charge in [0.05, 0.1) is 16.8 Å². The van der Waals surface area contributed by atoms with Gasteiger partial charge in [0.1, 0.15) is 5.58 Å². The summed E-state index contributed by atoms with van der Waals surface area (Å²) in [6.07, 6.45) is 0. The van der Waals surface area contributed by atoms with Gasteiger partial charge >= 0.3 is 0 Å². The maximum absolute atomic E-state index is 6.70. The first kappa shape index (κ1) is 27.7. The highest BCUT2D eigenvalue weighted by molar-refractivity contribution is 6.13. The molecule has 0 unspecified atom stereocenters. The van der Waals surface area contributed by atoms with E-state index < -0.39 is 5.41 Å². The number of furan rings is 1. The highest BCUT2D eigenvalue weighted by Crippen LogP contribution is 2.61. The van der Waals surface area contributed by atoms with E-state index in [1.54, 1.807) is 0 Å². The number of anilines is 3. The second kappa shape index (κ2) is 10.8. The molecule has 0 spiro atoms. The second-order valence-corrected chi connectivity index (χ2v) is 12.8. The van der Waals surface area contributed by atoms with Crippen LogP contribution in [0.1, 0.15) is 22.3 Å². The number of rotatable bonds is 5. The quantitative estimate of drug-likeness (QED) is 0.189. The normalized spacial score (nSPS) is 13.1. The third-order valence-electron chi connectivity index (χ3n) is 10.3. The Bertz CT molecular complexity index is 2620. The van der Waals surface area contributed by atoms with Gasteiger partial charge in [-0.2, -0.15) is 0 Å². The molecular weight excluding hydrogens is 595 g/mol. The molecule has 0 saturated carbocycles. The Morgan fingerprint density at radius 3 is 1.71 bits per heavy atom. The number of para-hydroxylation sites is 3. The van der Waals surface area contributed by atoms with Crippen molar-refractivity contribution in [2.75, 3.05) is 4.90 Å². The van der Waals surface area contributed by atoms with Crippen molar-refractivity contribution in [2.24, 2.45) is 0 Å². The highest BCUT2D eigenvalue weighted by atomic mass is 16.3. The van der Waals surface area contributed by atoms with Crippen molar-refractivity contribution in [3.8, 4) is 11.1 Å². The minimum Gasteiger partial charge on any atom is -0.454 e. The fourth-order valence-corrected chi connectivity index (χ4v) is 8.36. The van der Waals surface area contributed by atoms with Crippen LogP contribution < -0.4 is 4.90 Å². The Kier molecular flexibility index (Phi) is 6.13. The maximum Gasteiger partial charge on any atom is 0.159 e. The van der Waals surface area contributed by atoms with Crippen LogP contribution in [0.2, 0.25) is 0 Å². The fourth-order valence-electron chi connectivity index (χ4n) is 8.36. The molecular formula is C47H31NO. The van der Waals surface area contributed by atoms with Crippen molar-refractivity contribution in [3.05, 3.63) is 210 Å². The average molecular weight is 626 g/mol. The molecule has 0 N–H and O–H groups in total. The predicted molar refractivity (Wildman–Crippen MR) is 203 cm³/mol. The maximum atomic E-state index is 6.70. The molecule has 9 aromatic rings. The molecule has 10 rings (SSSR count). The van der Waals surface area contributed by atoms with Crippen molar-refractivity contribution in [2.45, 2.75) is 5.41 Å². The molecule has 49 heavy (non-hydrogen) atoms. The van der Waals surface area contributed by atoms with Gasteiger partial charge in [0, 0.05) is 22.0 Å². The lowest BCUT2D eigenvalue weighted by Gasteiger charge is -2.34. The van der Waals surface area contributed by atoms with E-state index in [2.05, 4.69) is 187 Å². The number of fused-ring (bicyclic) bond motifs is 8. The van der Waals surface area contributed by atoms with E-state index in [0.717, 1.165) is 39.0 Å². The summed E-state index contributed by atoms with van der Waals surface area (Å²) in [6, 6.07) is 67.9. The Labute approximate surface area is 285 Å². The summed E-state index contributed by atoms with van der Waals surface area (Å²) in [5, 5.41) is 4.70. The first-order valence-electron chi connectivity index (χ1n) is 16.9. The van der Waals surface area contributed by atoms with Crippen molar-refractivity contribution >= 4 is 49.8 Å². The van der Waals surface area contributed by atoms with Gasteiger partial charge in [0.2, 0.25) is 0 Å². The topological polar surface area (TPSA) is 16.4 Å². The SMILES string of the molecule is c1ccc(N(c2cccc3c2-c2c(ccc4ccccc24)C3(c2ccccc2)c2ccccc2)c2cccc3c2oc2ccccc23)cc1. The van der Waals surface area contributed by atoms with Crippen LogP contribution in [-0.2, 0) is 5.41 Å². The van der Waals surface area contributed by atoms with E-state index in [1.807, 2.05) is 6.07 Å². The molecule has 8 aromatic carbocycles. The average Bonchev–Trinajstić information content (AvgIpc) is 3.71. The van der Waals surface area contributed by atoms with E-state index in [4.69, 9.17) is 4.42 Å². The molecule has 0 atom stereocenters. The first-order chi connectivity index (χ1) is 24.3. The third-order valence-corrected chi connectivity index (χ3v) is 10.3. The standard InChI is InChI=1S/C47H31NO/c1-4-17-33(18-5-1)47(34-19-6-2-7-20-34)39-26-15-27-41(45(39)44-36-23-11-10-16-32(36)30-31-40(44)47)48(35-21-8-3-9-22-35)42-28-14-25-38-37-24-12-13-29-43(37)49-46(38)42/h1-31H. The molecule has 0 fully saturated rings. The minimum absolute atomic E-state index is 0.527. The summed E-state index contributed by atoms with van der Waals surface area (Å²) in [4.78, 5) is 2.40. The van der Waals surface area contributed by atoms with E-state index >= 15 is 0 Å². The van der Waals surface area contributed by atoms with Crippen LogP contribution >= 0.6 is 0 Å². The monoisotopic (exact) mass is 625 g/mol. The number of hydrogen-bond acceptors (Lipinski definition) is 2. The summed E-state index contributed by atoms with van der Waals surface area (Å²) >= 11 is 0. The molecule has 230 valence electrons.